The van der Waals surface area contributed by atoms with Crippen molar-refractivity contribution in [1.29, 1.82) is 0 Å². The van der Waals surface area contributed by atoms with Gasteiger partial charge in [-0.25, -0.2) is 0 Å². The minimum Gasteiger partial charge on any atom is -0.358 e. The van der Waals surface area contributed by atoms with Gasteiger partial charge in [-0.3, -0.25) is 10.9 Å². The number of anilines is 1. The summed E-state index contributed by atoms with van der Waals surface area (Å²) in [5.74, 6) is 1.36. The van der Waals surface area contributed by atoms with Crippen LogP contribution in [-0.4, -0.2) is 16.3 Å². The summed E-state index contributed by atoms with van der Waals surface area (Å²) in [5, 5.41) is 7.59. The average molecular weight is 351 g/mol. The van der Waals surface area contributed by atoms with Crippen molar-refractivity contribution in [2.45, 2.75) is 46.1 Å². The molecule has 126 valence electrons. The van der Waals surface area contributed by atoms with Crippen LogP contribution in [0.15, 0.2) is 24.3 Å². The zero-order chi connectivity index (χ0) is 16.8. The summed E-state index contributed by atoms with van der Waals surface area (Å²) in [7, 11) is 0. The third-order valence-corrected chi connectivity index (χ3v) is 5.05. The number of rotatable bonds is 2. The highest BCUT2D eigenvalue weighted by Gasteiger charge is 2.27. The van der Waals surface area contributed by atoms with Crippen LogP contribution in [0.25, 0.3) is 0 Å². The molecule has 1 saturated carbocycles. The maximum Gasteiger partial charge on any atom is 0.189 e. The Morgan fingerprint density at radius 3 is 2.35 bits per heavy atom. The Morgan fingerprint density at radius 2 is 1.65 bits per heavy atom. The van der Waals surface area contributed by atoms with Gasteiger partial charge in [0, 0.05) is 11.7 Å². The molecule has 1 aliphatic carbocycles. The first-order valence-electron chi connectivity index (χ1n) is 8.16. The highest BCUT2D eigenvalue weighted by atomic mass is 32.1. The van der Waals surface area contributed by atoms with Gasteiger partial charge in [-0.2, -0.15) is 0 Å². The molecule has 4 nitrogen and oxygen atoms in total. The van der Waals surface area contributed by atoms with Crippen LogP contribution in [0.4, 0.5) is 5.69 Å². The lowest BCUT2D eigenvalue weighted by atomic mass is 9.78. The predicted octanol–water partition coefficient (Wildman–Crippen LogP) is 3.49. The second kappa shape index (κ2) is 8.45. The van der Waals surface area contributed by atoms with Crippen molar-refractivity contribution in [1.82, 2.24) is 16.2 Å². The van der Waals surface area contributed by atoms with Gasteiger partial charge < -0.3 is 10.6 Å². The van der Waals surface area contributed by atoms with Gasteiger partial charge in [0.2, 0.25) is 0 Å². The molecule has 1 fully saturated rings. The monoisotopic (exact) mass is 350 g/mol. The summed E-state index contributed by atoms with van der Waals surface area (Å²) in [6.07, 6.45) is 3.73. The maximum atomic E-state index is 5.35. The fourth-order valence-corrected chi connectivity index (χ4v) is 3.27. The molecule has 0 aromatic heterocycles. The van der Waals surface area contributed by atoms with Gasteiger partial charge in [-0.05, 0) is 61.7 Å². The smallest absolute Gasteiger partial charge is 0.189 e. The highest BCUT2D eigenvalue weighted by Crippen LogP contribution is 2.29. The first kappa shape index (κ1) is 17.9. The summed E-state index contributed by atoms with van der Waals surface area (Å²) < 4.78 is 0. The fraction of sp³-hybridized carbons (Fsp3) is 0.529. The van der Waals surface area contributed by atoms with Crippen LogP contribution >= 0.6 is 24.4 Å². The normalized spacial score (nSPS) is 23.7. The van der Waals surface area contributed by atoms with Crippen molar-refractivity contribution >= 4 is 40.3 Å². The minimum absolute atomic E-state index is 0.430. The molecule has 0 radical (unpaired) electrons. The molecule has 3 atom stereocenters. The first-order chi connectivity index (χ1) is 11.0. The summed E-state index contributed by atoms with van der Waals surface area (Å²) in [5.41, 5.74) is 8.06. The third kappa shape index (κ3) is 5.62. The van der Waals surface area contributed by atoms with E-state index in [0.29, 0.717) is 22.2 Å². The third-order valence-electron chi connectivity index (χ3n) is 4.62. The van der Waals surface area contributed by atoms with Crippen LogP contribution in [-0.2, 0) is 0 Å². The van der Waals surface area contributed by atoms with Gasteiger partial charge in [0.15, 0.2) is 10.2 Å². The standard InChI is InChI=1S/C17H26N4S2/c1-11-7-9-14(10-8-11)18-16(22)20-21-17(23)19-15-6-4-5-12(2)13(15)3/h7-10,12-13,15H,4-6H2,1-3H3,(H2,18,20,22)(H2,19,21,23)/t12-,13-,15-/m0/s1. The molecule has 1 aromatic rings. The number of benzene rings is 1. The molecule has 6 heteroatoms. The predicted molar refractivity (Wildman–Crippen MR) is 105 cm³/mol. The average Bonchev–Trinajstić information content (AvgIpc) is 2.52. The zero-order valence-corrected chi connectivity index (χ0v) is 15.6. The van der Waals surface area contributed by atoms with E-state index in [1.165, 1.54) is 24.8 Å². The molecule has 23 heavy (non-hydrogen) atoms. The highest BCUT2D eigenvalue weighted by molar-refractivity contribution is 7.80. The van der Waals surface area contributed by atoms with Crippen molar-refractivity contribution in [2.24, 2.45) is 11.8 Å². The number of hydrazine groups is 1. The van der Waals surface area contributed by atoms with Crippen LogP contribution in [0.3, 0.4) is 0 Å². The summed E-state index contributed by atoms with van der Waals surface area (Å²) in [4.78, 5) is 0. The van der Waals surface area contributed by atoms with E-state index < -0.39 is 0 Å². The van der Waals surface area contributed by atoms with E-state index in [2.05, 4.69) is 42.3 Å². The van der Waals surface area contributed by atoms with Crippen LogP contribution in [0.1, 0.15) is 38.7 Å². The quantitative estimate of drug-likeness (QED) is 0.484. The van der Waals surface area contributed by atoms with Crippen LogP contribution < -0.4 is 21.5 Å². The van der Waals surface area contributed by atoms with E-state index >= 15 is 0 Å². The van der Waals surface area contributed by atoms with E-state index in [9.17, 15) is 0 Å². The summed E-state index contributed by atoms with van der Waals surface area (Å²) in [6.45, 7) is 6.66. The lowest BCUT2D eigenvalue weighted by Crippen LogP contribution is -2.53. The first-order valence-corrected chi connectivity index (χ1v) is 8.97. The van der Waals surface area contributed by atoms with Gasteiger partial charge in [-0.15, -0.1) is 0 Å². The van der Waals surface area contributed by atoms with Crippen molar-refractivity contribution < 1.29 is 0 Å². The van der Waals surface area contributed by atoms with E-state index in [1.54, 1.807) is 0 Å². The second-order valence-corrected chi connectivity index (χ2v) is 7.23. The topological polar surface area (TPSA) is 48.1 Å². The fourth-order valence-electron chi connectivity index (χ4n) is 2.90. The Kier molecular flexibility index (Phi) is 6.59. The van der Waals surface area contributed by atoms with Gasteiger partial charge in [0.05, 0.1) is 0 Å². The molecule has 1 aromatic carbocycles. The lowest BCUT2D eigenvalue weighted by Gasteiger charge is -2.35. The number of hydrogen-bond donors (Lipinski definition) is 4. The van der Waals surface area contributed by atoms with E-state index in [4.69, 9.17) is 24.4 Å². The van der Waals surface area contributed by atoms with Crippen molar-refractivity contribution in [2.75, 3.05) is 5.32 Å². The van der Waals surface area contributed by atoms with Crippen molar-refractivity contribution in [3.05, 3.63) is 29.8 Å². The molecular formula is C17H26N4S2. The molecule has 0 heterocycles. The molecule has 1 aliphatic rings. The van der Waals surface area contributed by atoms with Gasteiger partial charge >= 0.3 is 0 Å². The molecule has 4 N–H and O–H groups in total. The van der Waals surface area contributed by atoms with Crippen LogP contribution in [0, 0.1) is 18.8 Å². The molecule has 0 unspecified atom stereocenters. The molecule has 2 rings (SSSR count). The molecular weight excluding hydrogens is 324 g/mol. The van der Waals surface area contributed by atoms with Crippen LogP contribution in [0.5, 0.6) is 0 Å². The maximum absolute atomic E-state index is 5.35. The number of nitrogens with one attached hydrogen (secondary N) is 4. The lowest BCUT2D eigenvalue weighted by molar-refractivity contribution is 0.224. The molecule has 0 bridgehead atoms. The summed E-state index contributed by atoms with van der Waals surface area (Å²) >= 11 is 10.6. The Morgan fingerprint density at radius 1 is 1.00 bits per heavy atom. The Balaban J connectivity index is 1.73. The number of thiocarbonyl (C=S) groups is 2. The van der Waals surface area contributed by atoms with Crippen LogP contribution in [0.2, 0.25) is 0 Å². The van der Waals surface area contributed by atoms with Crippen molar-refractivity contribution in [3.8, 4) is 0 Å². The molecule has 0 aliphatic heterocycles. The molecule has 0 spiro atoms. The number of aryl methyl sites for hydroxylation is 1. The zero-order valence-electron chi connectivity index (χ0n) is 14.0. The van der Waals surface area contributed by atoms with Gasteiger partial charge in [0.1, 0.15) is 0 Å². The summed E-state index contributed by atoms with van der Waals surface area (Å²) in [6, 6.07) is 8.49. The Hall–Kier alpha value is -1.40. The Labute approximate surface area is 149 Å². The molecule has 0 saturated heterocycles. The van der Waals surface area contributed by atoms with E-state index in [0.717, 1.165) is 11.6 Å². The minimum atomic E-state index is 0.430. The van der Waals surface area contributed by atoms with Crippen molar-refractivity contribution in [3.63, 3.8) is 0 Å². The Bertz CT molecular complexity index is 544. The second-order valence-electron chi connectivity index (χ2n) is 6.42. The SMILES string of the molecule is Cc1ccc(NC(=S)NNC(=S)N[C@H]2CCC[C@H](C)[C@@H]2C)cc1. The van der Waals surface area contributed by atoms with Gasteiger partial charge in [-0.1, -0.05) is 44.4 Å². The van der Waals surface area contributed by atoms with Gasteiger partial charge in [0.25, 0.3) is 0 Å². The largest absolute Gasteiger partial charge is 0.358 e. The van der Waals surface area contributed by atoms with E-state index in [1.807, 2.05) is 24.3 Å². The van der Waals surface area contributed by atoms with E-state index in [-0.39, 0.29) is 0 Å². The molecule has 0 amide bonds. The number of hydrogen-bond acceptors (Lipinski definition) is 2.